The second kappa shape index (κ2) is 8.34. The zero-order chi connectivity index (χ0) is 17.6. The summed E-state index contributed by atoms with van der Waals surface area (Å²) in [5.41, 5.74) is -0.149. The van der Waals surface area contributed by atoms with Gasteiger partial charge in [-0.3, -0.25) is 4.79 Å². The van der Waals surface area contributed by atoms with Crippen LogP contribution >= 0.6 is 15.9 Å². The van der Waals surface area contributed by atoms with Crippen molar-refractivity contribution in [2.45, 2.75) is 52.2 Å². The van der Waals surface area contributed by atoms with Crippen LogP contribution in [0.3, 0.4) is 0 Å². The standard InChI is InChI=1S/C17H23BrO5/c1-11(6-9-15(19)23-17(2,3)4)22-14-10-12(18)7-8-13(14)16(20)21-5/h7-8,10-11H,6,9H2,1-5H3. The lowest BCUT2D eigenvalue weighted by atomic mass is 10.1. The third-order valence-electron chi connectivity index (χ3n) is 2.85. The Morgan fingerprint density at radius 1 is 1.26 bits per heavy atom. The molecule has 0 aromatic heterocycles. The monoisotopic (exact) mass is 386 g/mol. The summed E-state index contributed by atoms with van der Waals surface area (Å²) in [6.07, 6.45) is 0.488. The number of hydrogen-bond donors (Lipinski definition) is 0. The first-order chi connectivity index (χ1) is 10.6. The molecular weight excluding hydrogens is 364 g/mol. The van der Waals surface area contributed by atoms with E-state index in [9.17, 15) is 9.59 Å². The number of esters is 2. The molecule has 0 aliphatic carbocycles. The summed E-state index contributed by atoms with van der Waals surface area (Å²) in [5, 5.41) is 0. The number of benzene rings is 1. The number of hydrogen-bond acceptors (Lipinski definition) is 5. The highest BCUT2D eigenvalue weighted by atomic mass is 79.9. The quantitative estimate of drug-likeness (QED) is 0.687. The average molecular weight is 387 g/mol. The fourth-order valence-corrected chi connectivity index (χ4v) is 2.20. The minimum absolute atomic E-state index is 0.250. The number of carbonyl (C=O) groups is 2. The molecule has 0 heterocycles. The molecule has 0 amide bonds. The average Bonchev–Trinajstić information content (AvgIpc) is 2.43. The van der Waals surface area contributed by atoms with Gasteiger partial charge in [0.2, 0.25) is 0 Å². The zero-order valence-corrected chi connectivity index (χ0v) is 15.7. The molecule has 23 heavy (non-hydrogen) atoms. The Morgan fingerprint density at radius 2 is 1.91 bits per heavy atom. The van der Waals surface area contributed by atoms with Crippen molar-refractivity contribution in [2.75, 3.05) is 7.11 Å². The highest BCUT2D eigenvalue weighted by Gasteiger charge is 2.19. The van der Waals surface area contributed by atoms with Gasteiger partial charge in [-0.15, -0.1) is 0 Å². The summed E-state index contributed by atoms with van der Waals surface area (Å²) < 4.78 is 16.6. The molecule has 0 fully saturated rings. The summed E-state index contributed by atoms with van der Waals surface area (Å²) in [6.45, 7) is 7.32. The van der Waals surface area contributed by atoms with Gasteiger partial charge in [-0.1, -0.05) is 15.9 Å². The molecule has 0 saturated heterocycles. The van der Waals surface area contributed by atoms with Crippen molar-refractivity contribution in [1.29, 1.82) is 0 Å². The second-order valence-electron chi connectivity index (χ2n) is 6.19. The molecule has 1 unspecified atom stereocenters. The second-order valence-corrected chi connectivity index (χ2v) is 7.10. The smallest absolute Gasteiger partial charge is 0.341 e. The molecule has 128 valence electrons. The highest BCUT2D eigenvalue weighted by Crippen LogP contribution is 2.26. The van der Waals surface area contributed by atoms with Crippen LogP contribution in [-0.2, 0) is 14.3 Å². The molecule has 1 atom stereocenters. The predicted octanol–water partition coefficient (Wildman–Crippen LogP) is 4.12. The maximum Gasteiger partial charge on any atom is 0.341 e. The Hall–Kier alpha value is -1.56. The summed E-state index contributed by atoms with van der Waals surface area (Å²) in [6, 6.07) is 5.08. The SMILES string of the molecule is COC(=O)c1ccc(Br)cc1OC(C)CCC(=O)OC(C)(C)C. The summed E-state index contributed by atoms with van der Waals surface area (Å²) >= 11 is 3.35. The van der Waals surface area contributed by atoms with Gasteiger partial charge in [-0.05, 0) is 52.3 Å². The van der Waals surface area contributed by atoms with E-state index in [4.69, 9.17) is 14.2 Å². The first kappa shape index (κ1) is 19.5. The predicted molar refractivity (Wildman–Crippen MR) is 90.7 cm³/mol. The van der Waals surface area contributed by atoms with Gasteiger partial charge in [0, 0.05) is 10.9 Å². The first-order valence-corrected chi connectivity index (χ1v) is 8.18. The topological polar surface area (TPSA) is 61.8 Å². The van der Waals surface area contributed by atoms with Gasteiger partial charge in [0.15, 0.2) is 0 Å². The molecule has 0 N–H and O–H groups in total. The number of halogens is 1. The van der Waals surface area contributed by atoms with Gasteiger partial charge in [0.05, 0.1) is 13.2 Å². The maximum atomic E-state index is 11.8. The van der Waals surface area contributed by atoms with Gasteiger partial charge >= 0.3 is 11.9 Å². The van der Waals surface area contributed by atoms with E-state index in [0.29, 0.717) is 17.7 Å². The largest absolute Gasteiger partial charge is 0.490 e. The summed E-state index contributed by atoms with van der Waals surface area (Å²) in [5.74, 6) is -0.315. The van der Waals surface area contributed by atoms with Gasteiger partial charge in [0.25, 0.3) is 0 Å². The van der Waals surface area contributed by atoms with E-state index in [1.54, 1.807) is 18.2 Å². The third-order valence-corrected chi connectivity index (χ3v) is 3.35. The summed E-state index contributed by atoms with van der Waals surface area (Å²) in [7, 11) is 1.32. The normalized spacial score (nSPS) is 12.4. The molecule has 1 rings (SSSR count). The Morgan fingerprint density at radius 3 is 2.48 bits per heavy atom. The molecule has 5 nitrogen and oxygen atoms in total. The highest BCUT2D eigenvalue weighted by molar-refractivity contribution is 9.10. The van der Waals surface area contributed by atoms with E-state index in [-0.39, 0.29) is 18.5 Å². The van der Waals surface area contributed by atoms with E-state index in [1.807, 2.05) is 27.7 Å². The van der Waals surface area contributed by atoms with Crippen molar-refractivity contribution < 1.29 is 23.8 Å². The Bertz CT molecular complexity index is 563. The van der Waals surface area contributed by atoms with Crippen molar-refractivity contribution in [1.82, 2.24) is 0 Å². The Balaban J connectivity index is 2.67. The molecule has 6 heteroatoms. The minimum atomic E-state index is -0.497. The number of ether oxygens (including phenoxy) is 3. The molecule has 1 aromatic carbocycles. The molecule has 0 saturated carbocycles. The van der Waals surface area contributed by atoms with Crippen LogP contribution in [0.15, 0.2) is 22.7 Å². The van der Waals surface area contributed by atoms with E-state index in [2.05, 4.69) is 15.9 Å². The zero-order valence-electron chi connectivity index (χ0n) is 14.1. The van der Waals surface area contributed by atoms with Crippen molar-refractivity contribution >= 4 is 27.9 Å². The van der Waals surface area contributed by atoms with Crippen molar-refractivity contribution in [3.8, 4) is 5.75 Å². The van der Waals surface area contributed by atoms with E-state index in [0.717, 1.165) is 4.47 Å². The van der Waals surface area contributed by atoms with Crippen LogP contribution in [0.5, 0.6) is 5.75 Å². The lowest BCUT2D eigenvalue weighted by Gasteiger charge is -2.21. The van der Waals surface area contributed by atoms with Gasteiger partial charge in [0.1, 0.15) is 16.9 Å². The van der Waals surface area contributed by atoms with E-state index >= 15 is 0 Å². The number of methoxy groups -OCH3 is 1. The maximum absolute atomic E-state index is 11.8. The van der Waals surface area contributed by atoms with Crippen LogP contribution < -0.4 is 4.74 Å². The minimum Gasteiger partial charge on any atom is -0.490 e. The molecule has 0 aliphatic rings. The Labute approximate surface area is 145 Å². The first-order valence-electron chi connectivity index (χ1n) is 7.38. The van der Waals surface area contributed by atoms with Crippen molar-refractivity contribution in [3.05, 3.63) is 28.2 Å². The van der Waals surface area contributed by atoms with Crippen molar-refractivity contribution in [3.63, 3.8) is 0 Å². The number of rotatable bonds is 6. The van der Waals surface area contributed by atoms with Crippen LogP contribution in [-0.4, -0.2) is 30.8 Å². The van der Waals surface area contributed by atoms with Crippen LogP contribution in [0.2, 0.25) is 0 Å². The third kappa shape index (κ3) is 7.03. The van der Waals surface area contributed by atoms with E-state index < -0.39 is 11.6 Å². The van der Waals surface area contributed by atoms with Crippen LogP contribution in [0.1, 0.15) is 50.9 Å². The lowest BCUT2D eigenvalue weighted by Crippen LogP contribution is -2.25. The summed E-state index contributed by atoms with van der Waals surface area (Å²) in [4.78, 5) is 23.5. The van der Waals surface area contributed by atoms with Gasteiger partial charge in [-0.25, -0.2) is 4.79 Å². The molecule has 0 spiro atoms. The van der Waals surface area contributed by atoms with Crippen LogP contribution in [0, 0.1) is 0 Å². The fourth-order valence-electron chi connectivity index (χ4n) is 1.86. The molecule has 1 aromatic rings. The van der Waals surface area contributed by atoms with E-state index in [1.165, 1.54) is 7.11 Å². The van der Waals surface area contributed by atoms with Crippen LogP contribution in [0.25, 0.3) is 0 Å². The molecule has 0 radical (unpaired) electrons. The van der Waals surface area contributed by atoms with Gasteiger partial charge < -0.3 is 14.2 Å². The molecular formula is C17H23BrO5. The number of carbonyl (C=O) groups excluding carboxylic acids is 2. The Kier molecular flexibility index (Phi) is 7.06. The fraction of sp³-hybridized carbons (Fsp3) is 0.529. The molecule has 0 bridgehead atoms. The molecule has 0 aliphatic heterocycles. The van der Waals surface area contributed by atoms with Crippen LogP contribution in [0.4, 0.5) is 0 Å². The van der Waals surface area contributed by atoms with Crippen molar-refractivity contribution in [2.24, 2.45) is 0 Å². The van der Waals surface area contributed by atoms with Gasteiger partial charge in [-0.2, -0.15) is 0 Å². The lowest BCUT2D eigenvalue weighted by molar-refractivity contribution is -0.155.